The summed E-state index contributed by atoms with van der Waals surface area (Å²) in [6, 6.07) is 23.7. The van der Waals surface area contributed by atoms with Crippen LogP contribution in [0.1, 0.15) is 46.6 Å². The molecule has 4 nitrogen and oxygen atoms in total. The Morgan fingerprint density at radius 2 is 1.14 bits per heavy atom. The van der Waals surface area contributed by atoms with Crippen molar-refractivity contribution in [3.05, 3.63) is 72.3 Å². The van der Waals surface area contributed by atoms with Gasteiger partial charge in [-0.05, 0) is 63.8 Å². The largest absolute Gasteiger partial charge is 0.491 e. The van der Waals surface area contributed by atoms with Crippen LogP contribution >= 0.6 is 0 Å². The topological polar surface area (TPSA) is 43.5 Å². The fourth-order valence-electron chi connectivity index (χ4n) is 5.08. The number of epoxide rings is 2. The summed E-state index contributed by atoms with van der Waals surface area (Å²) in [5.41, 5.74) is 6.22. The molecule has 2 fully saturated rings. The Bertz CT molecular complexity index is 1160. The van der Waals surface area contributed by atoms with Crippen LogP contribution in [0.15, 0.2) is 66.7 Å². The van der Waals surface area contributed by atoms with E-state index in [-0.39, 0.29) is 23.0 Å². The van der Waals surface area contributed by atoms with E-state index < -0.39 is 0 Å². The van der Waals surface area contributed by atoms with Gasteiger partial charge in [0, 0.05) is 5.56 Å². The summed E-state index contributed by atoms with van der Waals surface area (Å²) in [4.78, 5) is 0. The lowest BCUT2D eigenvalue weighted by molar-refractivity contribution is 0.245. The number of hydrogen-bond acceptors (Lipinski definition) is 4. The monoisotopic (exact) mass is 486 g/mol. The molecule has 2 aliphatic heterocycles. The Morgan fingerprint density at radius 1 is 0.667 bits per heavy atom. The number of benzene rings is 3. The molecule has 0 spiro atoms. The molecular weight excluding hydrogens is 448 g/mol. The van der Waals surface area contributed by atoms with Crippen molar-refractivity contribution in [1.82, 2.24) is 0 Å². The zero-order valence-electron chi connectivity index (χ0n) is 22.2. The first-order valence-corrected chi connectivity index (χ1v) is 13.0. The van der Waals surface area contributed by atoms with Gasteiger partial charge in [0.05, 0.1) is 13.2 Å². The molecule has 4 heteroatoms. The highest BCUT2D eigenvalue weighted by Gasteiger charge is 2.31. The standard InChI is InChI=1S/C32H38O4/c1-31(2,3)21-32(4,5)29-16-25(12-15-30(29)36-20-28-19-35-28)24-8-6-22(7-9-24)23-10-13-26(14-11-23)33-17-27-18-34-27/h6-16,27-28H,17-21H2,1-5H3. The van der Waals surface area contributed by atoms with Gasteiger partial charge in [0.15, 0.2) is 0 Å². The molecule has 2 heterocycles. The molecular formula is C32H38O4. The van der Waals surface area contributed by atoms with E-state index in [4.69, 9.17) is 18.9 Å². The van der Waals surface area contributed by atoms with Gasteiger partial charge in [-0.2, -0.15) is 0 Å². The highest BCUT2D eigenvalue weighted by Crippen LogP contribution is 2.42. The Balaban J connectivity index is 1.36. The molecule has 2 saturated heterocycles. The maximum Gasteiger partial charge on any atom is 0.123 e. The molecule has 5 rings (SSSR count). The zero-order chi connectivity index (χ0) is 25.3. The van der Waals surface area contributed by atoms with Crippen molar-refractivity contribution in [3.8, 4) is 33.8 Å². The van der Waals surface area contributed by atoms with Crippen LogP contribution in [0.4, 0.5) is 0 Å². The van der Waals surface area contributed by atoms with Gasteiger partial charge in [0.1, 0.15) is 36.9 Å². The third-order valence-corrected chi connectivity index (χ3v) is 6.75. The minimum absolute atomic E-state index is 0.0244. The summed E-state index contributed by atoms with van der Waals surface area (Å²) in [6.45, 7) is 14.4. The summed E-state index contributed by atoms with van der Waals surface area (Å²) >= 11 is 0. The van der Waals surface area contributed by atoms with Gasteiger partial charge in [-0.15, -0.1) is 0 Å². The molecule has 2 aliphatic rings. The van der Waals surface area contributed by atoms with Gasteiger partial charge in [0.25, 0.3) is 0 Å². The second kappa shape index (κ2) is 9.91. The molecule has 190 valence electrons. The van der Waals surface area contributed by atoms with Gasteiger partial charge in [-0.1, -0.05) is 77.1 Å². The van der Waals surface area contributed by atoms with E-state index in [9.17, 15) is 0 Å². The summed E-state index contributed by atoms with van der Waals surface area (Å²) in [6.07, 6.45) is 1.57. The van der Waals surface area contributed by atoms with E-state index in [2.05, 4.69) is 89.2 Å². The molecule has 0 amide bonds. The Labute approximate surface area is 215 Å². The zero-order valence-corrected chi connectivity index (χ0v) is 22.2. The average molecular weight is 487 g/mol. The van der Waals surface area contributed by atoms with Crippen LogP contribution in [0.3, 0.4) is 0 Å². The predicted molar refractivity (Wildman–Crippen MR) is 145 cm³/mol. The van der Waals surface area contributed by atoms with E-state index in [1.54, 1.807) is 0 Å². The molecule has 0 aromatic heterocycles. The quantitative estimate of drug-likeness (QED) is 0.282. The molecule has 0 radical (unpaired) electrons. The van der Waals surface area contributed by atoms with Crippen LogP contribution in [0.25, 0.3) is 22.3 Å². The minimum atomic E-state index is -0.0244. The maximum absolute atomic E-state index is 6.23. The Hall–Kier alpha value is -2.82. The first-order chi connectivity index (χ1) is 17.2. The van der Waals surface area contributed by atoms with Crippen LogP contribution in [0.2, 0.25) is 0 Å². The number of ether oxygens (including phenoxy) is 4. The van der Waals surface area contributed by atoms with Gasteiger partial charge in [-0.3, -0.25) is 0 Å². The minimum Gasteiger partial charge on any atom is -0.491 e. The highest BCUT2D eigenvalue weighted by atomic mass is 16.6. The number of hydrogen-bond donors (Lipinski definition) is 0. The maximum atomic E-state index is 6.23. The molecule has 0 bridgehead atoms. The van der Waals surface area contributed by atoms with Gasteiger partial charge >= 0.3 is 0 Å². The molecule has 2 unspecified atom stereocenters. The van der Waals surface area contributed by atoms with Crippen LogP contribution in [-0.2, 0) is 14.9 Å². The van der Waals surface area contributed by atoms with Gasteiger partial charge < -0.3 is 18.9 Å². The normalized spacial score (nSPS) is 19.1. The van der Waals surface area contributed by atoms with Crippen molar-refractivity contribution < 1.29 is 18.9 Å². The summed E-state index contributed by atoms with van der Waals surface area (Å²) in [5, 5.41) is 0. The van der Waals surface area contributed by atoms with E-state index in [0.717, 1.165) is 31.1 Å². The first kappa shape index (κ1) is 24.9. The van der Waals surface area contributed by atoms with E-state index >= 15 is 0 Å². The first-order valence-electron chi connectivity index (χ1n) is 13.0. The van der Waals surface area contributed by atoms with Crippen molar-refractivity contribution in [1.29, 1.82) is 0 Å². The third-order valence-electron chi connectivity index (χ3n) is 6.75. The number of rotatable bonds is 10. The van der Waals surface area contributed by atoms with E-state index in [1.165, 1.54) is 27.8 Å². The van der Waals surface area contributed by atoms with Crippen LogP contribution in [-0.4, -0.2) is 38.6 Å². The lowest BCUT2D eigenvalue weighted by Crippen LogP contribution is -2.26. The van der Waals surface area contributed by atoms with Crippen molar-refractivity contribution >= 4 is 0 Å². The summed E-state index contributed by atoms with van der Waals surface area (Å²) in [5.74, 6) is 1.85. The fourth-order valence-corrected chi connectivity index (χ4v) is 5.08. The molecule has 3 aromatic rings. The molecule has 0 aliphatic carbocycles. The van der Waals surface area contributed by atoms with Crippen LogP contribution in [0.5, 0.6) is 11.5 Å². The van der Waals surface area contributed by atoms with Crippen molar-refractivity contribution in [3.63, 3.8) is 0 Å². The summed E-state index contributed by atoms with van der Waals surface area (Å²) in [7, 11) is 0. The molecule has 36 heavy (non-hydrogen) atoms. The van der Waals surface area contributed by atoms with E-state index in [0.29, 0.717) is 13.2 Å². The molecule has 3 aromatic carbocycles. The van der Waals surface area contributed by atoms with Gasteiger partial charge in [0.2, 0.25) is 0 Å². The van der Waals surface area contributed by atoms with Crippen LogP contribution < -0.4 is 9.47 Å². The molecule has 0 N–H and O–H groups in total. The highest BCUT2D eigenvalue weighted by molar-refractivity contribution is 5.72. The Kier molecular flexibility index (Phi) is 6.84. The second-order valence-electron chi connectivity index (χ2n) is 12.0. The van der Waals surface area contributed by atoms with Crippen molar-refractivity contribution in [2.45, 2.75) is 58.7 Å². The molecule has 0 saturated carbocycles. The van der Waals surface area contributed by atoms with E-state index in [1.807, 2.05) is 12.1 Å². The lowest BCUT2D eigenvalue weighted by atomic mass is 9.71. The smallest absolute Gasteiger partial charge is 0.123 e. The van der Waals surface area contributed by atoms with Gasteiger partial charge in [-0.25, -0.2) is 0 Å². The average Bonchev–Trinajstić information content (AvgIpc) is 3.76. The second-order valence-corrected chi connectivity index (χ2v) is 12.0. The molecule has 2 atom stereocenters. The van der Waals surface area contributed by atoms with Crippen molar-refractivity contribution in [2.24, 2.45) is 5.41 Å². The Morgan fingerprint density at radius 3 is 1.67 bits per heavy atom. The van der Waals surface area contributed by atoms with Crippen molar-refractivity contribution in [2.75, 3.05) is 26.4 Å². The van der Waals surface area contributed by atoms with Crippen LogP contribution in [0, 0.1) is 5.41 Å². The lowest BCUT2D eigenvalue weighted by Gasteiger charge is -2.34. The third kappa shape index (κ3) is 6.48. The predicted octanol–water partition coefficient (Wildman–Crippen LogP) is 7.29. The fraction of sp³-hybridized carbons (Fsp3) is 0.438. The SMILES string of the molecule is CC(C)(C)CC(C)(C)c1cc(-c2ccc(-c3ccc(OCC4CO4)cc3)cc2)ccc1OCC1CO1. The summed E-state index contributed by atoms with van der Waals surface area (Å²) < 4.78 is 22.6.